The molecule has 0 aromatic rings. The first-order valence-corrected chi connectivity index (χ1v) is 25.9. The third-order valence-electron chi connectivity index (χ3n) is 11.0. The molecule has 0 aromatic heterocycles. The lowest BCUT2D eigenvalue weighted by Crippen LogP contribution is -2.56. The number of rotatable bonds is 19. The van der Waals surface area contributed by atoms with E-state index in [1.54, 1.807) is 0 Å². The molecule has 0 fully saturated rings. The van der Waals surface area contributed by atoms with Gasteiger partial charge in [-0.1, -0.05) is 133 Å². The summed E-state index contributed by atoms with van der Waals surface area (Å²) in [7, 11) is -5.86. The highest BCUT2D eigenvalue weighted by molar-refractivity contribution is 14.1. The predicted molar refractivity (Wildman–Crippen MR) is 197 cm³/mol. The lowest BCUT2D eigenvalue weighted by Gasteiger charge is -2.50. The standard InChI is InChI=1S/C33H73IO3Si3/c1-19-30(35-40(24(5)6,25(7)8)26(9)10)28(12)32(36-38(17,18)33(14,15)16)29(13)31(27(11)23-34)37-39(20-2,21-3)22-4/h24-32H,19-23H2,1-18H3/t27-,28+,29+,30-,31+,32+/m1/s1. The molecule has 0 aliphatic carbocycles. The Morgan fingerprint density at radius 1 is 0.625 bits per heavy atom. The summed E-state index contributed by atoms with van der Waals surface area (Å²) < 4.78 is 23.5. The summed E-state index contributed by atoms with van der Waals surface area (Å²) in [4.78, 5) is 0. The Hall–Kier alpha value is 1.26. The van der Waals surface area contributed by atoms with Crippen LogP contribution in [0.3, 0.4) is 0 Å². The fraction of sp³-hybridized carbons (Fsp3) is 1.00. The van der Waals surface area contributed by atoms with Crippen LogP contribution in [0.25, 0.3) is 0 Å². The van der Waals surface area contributed by atoms with E-state index < -0.39 is 25.0 Å². The van der Waals surface area contributed by atoms with Crippen molar-refractivity contribution < 1.29 is 13.3 Å². The third-order valence-corrected chi connectivity index (χ3v) is 27.6. The van der Waals surface area contributed by atoms with E-state index >= 15 is 0 Å². The molecule has 3 nitrogen and oxygen atoms in total. The molecule has 0 unspecified atom stereocenters. The topological polar surface area (TPSA) is 27.7 Å². The summed E-state index contributed by atoms with van der Waals surface area (Å²) in [6.45, 7) is 43.1. The van der Waals surface area contributed by atoms with Crippen LogP contribution in [0.2, 0.25) is 52.9 Å². The second kappa shape index (κ2) is 17.1. The molecule has 40 heavy (non-hydrogen) atoms. The molecule has 0 radical (unpaired) electrons. The summed E-state index contributed by atoms with van der Waals surface area (Å²) in [5, 5.41) is 0.152. The van der Waals surface area contributed by atoms with Gasteiger partial charge in [-0.05, 0) is 65.2 Å². The Balaban J connectivity index is 6.93. The second-order valence-electron chi connectivity index (χ2n) is 15.4. The van der Waals surface area contributed by atoms with E-state index in [0.29, 0.717) is 34.4 Å². The van der Waals surface area contributed by atoms with Crippen LogP contribution in [0.4, 0.5) is 0 Å². The molecule has 0 rings (SSSR count). The van der Waals surface area contributed by atoms with Crippen LogP contribution in [-0.2, 0) is 13.3 Å². The lowest BCUT2D eigenvalue weighted by molar-refractivity contribution is -0.0413. The first kappa shape index (κ1) is 41.3. The van der Waals surface area contributed by atoms with Crippen molar-refractivity contribution in [1.29, 1.82) is 0 Å². The van der Waals surface area contributed by atoms with Gasteiger partial charge in [0.1, 0.15) is 0 Å². The maximum atomic E-state index is 7.54. The van der Waals surface area contributed by atoms with Gasteiger partial charge in [0.2, 0.25) is 8.32 Å². The van der Waals surface area contributed by atoms with E-state index in [0.717, 1.165) is 10.8 Å². The Kier molecular flexibility index (Phi) is 17.6. The average Bonchev–Trinajstić information content (AvgIpc) is 2.86. The van der Waals surface area contributed by atoms with Crippen molar-refractivity contribution in [2.24, 2.45) is 17.8 Å². The normalized spacial score (nSPS) is 18.8. The van der Waals surface area contributed by atoms with Gasteiger partial charge in [-0.15, -0.1) is 0 Å². The number of hydrogen-bond acceptors (Lipinski definition) is 3. The highest BCUT2D eigenvalue weighted by atomic mass is 127. The van der Waals surface area contributed by atoms with Gasteiger partial charge < -0.3 is 13.3 Å². The molecular formula is C33H73IO3Si3. The molecule has 0 aliphatic heterocycles. The smallest absolute Gasteiger partial charge is 0.200 e. The molecule has 0 aliphatic rings. The first-order valence-electron chi connectivity index (χ1n) is 16.8. The van der Waals surface area contributed by atoms with Gasteiger partial charge in [-0.25, -0.2) is 0 Å². The van der Waals surface area contributed by atoms with Gasteiger partial charge in [0.25, 0.3) is 0 Å². The number of alkyl halides is 1. The van der Waals surface area contributed by atoms with E-state index in [1.165, 1.54) is 18.1 Å². The molecule has 0 bridgehead atoms. The molecule has 0 amide bonds. The van der Waals surface area contributed by atoms with E-state index in [4.69, 9.17) is 13.3 Å². The second-order valence-corrected chi connectivity index (χ2v) is 31.2. The Morgan fingerprint density at radius 3 is 1.35 bits per heavy atom. The molecule has 0 N–H and O–H groups in total. The molecule has 7 heteroatoms. The third kappa shape index (κ3) is 9.88. The molecule has 0 aromatic carbocycles. The SMILES string of the molecule is CC[C@@H](O[Si](C(C)C)(C(C)C)C(C)C)[C@H](C)[C@H](O[Si](C)(C)C(C)(C)C)[C@@H](C)[C@@H](O[Si](CC)(CC)CC)[C@H](C)CI. The van der Waals surface area contributed by atoms with Crippen molar-refractivity contribution in [2.75, 3.05) is 4.43 Å². The maximum absolute atomic E-state index is 7.54. The summed E-state index contributed by atoms with van der Waals surface area (Å²) in [5.41, 5.74) is 1.73. The Labute approximate surface area is 270 Å². The van der Waals surface area contributed by atoms with E-state index in [1.807, 2.05) is 0 Å². The quantitative estimate of drug-likeness (QED) is 0.0753. The van der Waals surface area contributed by atoms with Crippen LogP contribution < -0.4 is 0 Å². The Morgan fingerprint density at radius 2 is 1.05 bits per heavy atom. The summed E-state index contributed by atoms with van der Waals surface area (Å²) in [6, 6.07) is 3.56. The first-order chi connectivity index (χ1) is 18.2. The van der Waals surface area contributed by atoms with Crippen molar-refractivity contribution >= 4 is 47.5 Å². The molecule has 0 heterocycles. The molecule has 0 saturated carbocycles. The summed E-state index contributed by atoms with van der Waals surface area (Å²) in [6.07, 6.45) is 1.53. The van der Waals surface area contributed by atoms with E-state index in [9.17, 15) is 0 Å². The molecule has 0 saturated heterocycles. The number of hydrogen-bond donors (Lipinski definition) is 0. The van der Waals surface area contributed by atoms with Gasteiger partial charge in [-0.2, -0.15) is 0 Å². The minimum atomic E-state index is -2.04. The molecule has 6 atom stereocenters. The molecular weight excluding hydrogens is 656 g/mol. The van der Waals surface area contributed by atoms with Gasteiger partial charge in [0, 0.05) is 22.4 Å². The van der Waals surface area contributed by atoms with Gasteiger partial charge >= 0.3 is 0 Å². The fourth-order valence-corrected chi connectivity index (χ4v) is 17.7. The zero-order valence-corrected chi connectivity index (χ0v) is 35.5. The van der Waals surface area contributed by atoms with Crippen molar-refractivity contribution in [3.05, 3.63) is 0 Å². The van der Waals surface area contributed by atoms with Crippen LogP contribution in [-0.4, -0.2) is 47.7 Å². The van der Waals surface area contributed by atoms with Crippen molar-refractivity contribution in [1.82, 2.24) is 0 Å². The maximum Gasteiger partial charge on any atom is 0.200 e. The van der Waals surface area contributed by atoms with Gasteiger partial charge in [-0.3, -0.25) is 0 Å². The largest absolute Gasteiger partial charge is 0.413 e. The zero-order valence-electron chi connectivity index (χ0n) is 30.3. The van der Waals surface area contributed by atoms with Crippen LogP contribution in [0.5, 0.6) is 0 Å². The minimum Gasteiger partial charge on any atom is -0.413 e. The fourth-order valence-electron chi connectivity index (χ4n) is 6.96. The number of halogens is 1. The lowest BCUT2D eigenvalue weighted by atomic mass is 9.82. The summed E-state index contributed by atoms with van der Waals surface area (Å²) >= 11 is 2.58. The predicted octanol–water partition coefficient (Wildman–Crippen LogP) is 12.1. The monoisotopic (exact) mass is 728 g/mol. The minimum absolute atomic E-state index is 0.108. The van der Waals surface area contributed by atoms with Crippen LogP contribution in [0.15, 0.2) is 0 Å². The van der Waals surface area contributed by atoms with Crippen molar-refractivity contribution in [3.8, 4) is 0 Å². The van der Waals surface area contributed by atoms with E-state index in [-0.39, 0.29) is 23.4 Å². The average molecular weight is 729 g/mol. The molecule has 242 valence electrons. The van der Waals surface area contributed by atoms with E-state index in [2.05, 4.69) is 146 Å². The van der Waals surface area contributed by atoms with Gasteiger partial charge in [0.05, 0.1) is 12.2 Å². The van der Waals surface area contributed by atoms with Gasteiger partial charge in [0.15, 0.2) is 16.6 Å². The van der Waals surface area contributed by atoms with Crippen LogP contribution in [0.1, 0.15) is 117 Å². The molecule has 0 spiro atoms. The van der Waals surface area contributed by atoms with Crippen LogP contribution in [0, 0.1) is 17.8 Å². The van der Waals surface area contributed by atoms with Crippen molar-refractivity contribution in [3.63, 3.8) is 0 Å². The Bertz CT molecular complexity index is 674. The zero-order chi connectivity index (χ0) is 31.9. The highest BCUT2D eigenvalue weighted by Gasteiger charge is 2.50. The van der Waals surface area contributed by atoms with Crippen LogP contribution >= 0.6 is 22.6 Å². The highest BCUT2D eigenvalue weighted by Crippen LogP contribution is 2.46. The summed E-state index contributed by atoms with van der Waals surface area (Å²) in [5.74, 6) is 1.09. The van der Waals surface area contributed by atoms with Crippen molar-refractivity contribution in [2.45, 2.75) is 188 Å².